The molecule has 2 aromatic carbocycles. The van der Waals surface area contributed by atoms with Crippen LogP contribution in [0.4, 0.5) is 0 Å². The fourth-order valence-corrected chi connectivity index (χ4v) is 2.24. The second kappa shape index (κ2) is 7.09. The highest BCUT2D eigenvalue weighted by atomic mass is 16.5. The Morgan fingerprint density at radius 3 is 2.36 bits per heavy atom. The quantitative estimate of drug-likeness (QED) is 0.858. The van der Waals surface area contributed by atoms with Crippen molar-refractivity contribution in [3.63, 3.8) is 0 Å². The molecular formula is C18H20N2O2. The number of amides is 1. The van der Waals surface area contributed by atoms with Gasteiger partial charge in [-0.3, -0.25) is 4.79 Å². The van der Waals surface area contributed by atoms with E-state index in [-0.39, 0.29) is 11.8 Å². The molecule has 1 aliphatic rings. The zero-order valence-corrected chi connectivity index (χ0v) is 12.4. The molecule has 4 nitrogen and oxygen atoms in total. The topological polar surface area (TPSA) is 50.4 Å². The van der Waals surface area contributed by atoms with Gasteiger partial charge in [-0.25, -0.2) is 0 Å². The molecule has 0 saturated carbocycles. The van der Waals surface area contributed by atoms with Crippen LogP contribution in [0.25, 0.3) is 0 Å². The zero-order chi connectivity index (χ0) is 15.2. The van der Waals surface area contributed by atoms with E-state index in [1.165, 1.54) is 0 Å². The third-order valence-electron chi connectivity index (χ3n) is 3.79. The largest absolute Gasteiger partial charge is 0.489 e. The Balaban J connectivity index is 1.46. The second-order valence-electron chi connectivity index (χ2n) is 5.49. The Morgan fingerprint density at radius 2 is 1.73 bits per heavy atom. The molecule has 0 aromatic heterocycles. The first-order chi connectivity index (χ1) is 10.8. The number of carbonyl (C=O) groups is 1. The molecule has 4 heteroatoms. The minimum absolute atomic E-state index is 0.134. The molecule has 22 heavy (non-hydrogen) atoms. The Bertz CT molecular complexity index is 607. The molecule has 2 aromatic rings. The minimum atomic E-state index is 0.134. The van der Waals surface area contributed by atoms with Crippen molar-refractivity contribution >= 4 is 5.91 Å². The van der Waals surface area contributed by atoms with Gasteiger partial charge in [-0.05, 0) is 23.3 Å². The average molecular weight is 296 g/mol. The first-order valence-electron chi connectivity index (χ1n) is 7.55. The van der Waals surface area contributed by atoms with E-state index in [1.54, 1.807) is 0 Å². The van der Waals surface area contributed by atoms with Crippen molar-refractivity contribution in [1.29, 1.82) is 0 Å². The van der Waals surface area contributed by atoms with E-state index in [1.807, 2.05) is 54.6 Å². The summed E-state index contributed by atoms with van der Waals surface area (Å²) < 4.78 is 5.71. The SMILES string of the molecule is O=C(NCc1ccc(COc2ccccc2)cc1)C1CNC1. The molecule has 0 spiro atoms. The third-order valence-corrected chi connectivity index (χ3v) is 3.79. The van der Waals surface area contributed by atoms with Crippen LogP contribution in [0.2, 0.25) is 0 Å². The number of carbonyl (C=O) groups excluding carboxylic acids is 1. The molecule has 1 heterocycles. The average Bonchev–Trinajstić information content (AvgIpc) is 2.51. The van der Waals surface area contributed by atoms with Gasteiger partial charge in [-0.1, -0.05) is 42.5 Å². The molecule has 1 fully saturated rings. The number of nitrogens with one attached hydrogen (secondary N) is 2. The molecule has 0 aliphatic carbocycles. The first kappa shape index (κ1) is 14.6. The van der Waals surface area contributed by atoms with Crippen molar-refractivity contribution in [3.8, 4) is 5.75 Å². The fraction of sp³-hybridized carbons (Fsp3) is 0.278. The lowest BCUT2D eigenvalue weighted by molar-refractivity contribution is -0.126. The summed E-state index contributed by atoms with van der Waals surface area (Å²) in [5.74, 6) is 1.14. The highest BCUT2D eigenvalue weighted by Crippen LogP contribution is 2.12. The van der Waals surface area contributed by atoms with Gasteiger partial charge in [-0.15, -0.1) is 0 Å². The standard InChI is InChI=1S/C18H20N2O2/c21-18(16-11-19-12-16)20-10-14-6-8-15(9-7-14)13-22-17-4-2-1-3-5-17/h1-9,16,19H,10-13H2,(H,20,21). The normalized spacial score (nSPS) is 14.2. The Hall–Kier alpha value is -2.33. The van der Waals surface area contributed by atoms with Gasteiger partial charge < -0.3 is 15.4 Å². The minimum Gasteiger partial charge on any atom is -0.489 e. The zero-order valence-electron chi connectivity index (χ0n) is 12.4. The van der Waals surface area contributed by atoms with Gasteiger partial charge in [0.2, 0.25) is 5.91 Å². The summed E-state index contributed by atoms with van der Waals surface area (Å²) in [6, 6.07) is 17.9. The maximum atomic E-state index is 11.8. The summed E-state index contributed by atoms with van der Waals surface area (Å²) in [5.41, 5.74) is 2.21. The van der Waals surface area contributed by atoms with Crippen LogP contribution >= 0.6 is 0 Å². The van der Waals surface area contributed by atoms with Crippen molar-refractivity contribution in [2.24, 2.45) is 5.92 Å². The number of benzene rings is 2. The lowest BCUT2D eigenvalue weighted by Gasteiger charge is -2.25. The highest BCUT2D eigenvalue weighted by molar-refractivity contribution is 5.79. The molecule has 114 valence electrons. The number of hydrogen-bond donors (Lipinski definition) is 2. The molecule has 1 saturated heterocycles. The molecule has 0 bridgehead atoms. The van der Waals surface area contributed by atoms with E-state index in [4.69, 9.17) is 4.74 Å². The van der Waals surface area contributed by atoms with Crippen molar-refractivity contribution in [1.82, 2.24) is 10.6 Å². The van der Waals surface area contributed by atoms with E-state index in [0.29, 0.717) is 13.2 Å². The van der Waals surface area contributed by atoms with Gasteiger partial charge in [0.25, 0.3) is 0 Å². The van der Waals surface area contributed by atoms with Gasteiger partial charge in [-0.2, -0.15) is 0 Å². The lowest BCUT2D eigenvalue weighted by atomic mass is 10.0. The molecule has 2 N–H and O–H groups in total. The molecule has 1 amide bonds. The number of para-hydroxylation sites is 1. The van der Waals surface area contributed by atoms with Crippen LogP contribution in [0.5, 0.6) is 5.75 Å². The van der Waals surface area contributed by atoms with Gasteiger partial charge >= 0.3 is 0 Å². The van der Waals surface area contributed by atoms with Crippen LogP contribution < -0.4 is 15.4 Å². The number of ether oxygens (including phenoxy) is 1. The van der Waals surface area contributed by atoms with E-state index in [9.17, 15) is 4.79 Å². The van der Waals surface area contributed by atoms with Crippen LogP contribution in [0.1, 0.15) is 11.1 Å². The summed E-state index contributed by atoms with van der Waals surface area (Å²) in [4.78, 5) is 11.8. The second-order valence-corrected chi connectivity index (χ2v) is 5.49. The van der Waals surface area contributed by atoms with E-state index >= 15 is 0 Å². The molecule has 1 aliphatic heterocycles. The molecule has 0 unspecified atom stereocenters. The van der Waals surface area contributed by atoms with E-state index in [0.717, 1.165) is 30.0 Å². The summed E-state index contributed by atoms with van der Waals surface area (Å²) in [6.45, 7) is 2.71. The number of rotatable bonds is 6. The summed E-state index contributed by atoms with van der Waals surface area (Å²) in [7, 11) is 0. The summed E-state index contributed by atoms with van der Waals surface area (Å²) in [6.07, 6.45) is 0. The van der Waals surface area contributed by atoms with Crippen molar-refractivity contribution in [3.05, 3.63) is 65.7 Å². The van der Waals surface area contributed by atoms with Crippen LogP contribution in [-0.4, -0.2) is 19.0 Å². The van der Waals surface area contributed by atoms with Gasteiger partial charge in [0.15, 0.2) is 0 Å². The maximum Gasteiger partial charge on any atom is 0.225 e. The highest BCUT2D eigenvalue weighted by Gasteiger charge is 2.24. The Morgan fingerprint density at radius 1 is 1.05 bits per heavy atom. The van der Waals surface area contributed by atoms with Gasteiger partial charge in [0, 0.05) is 19.6 Å². The van der Waals surface area contributed by atoms with Gasteiger partial charge in [0.1, 0.15) is 12.4 Å². The molecule has 3 rings (SSSR count). The van der Waals surface area contributed by atoms with Gasteiger partial charge in [0.05, 0.1) is 5.92 Å². The van der Waals surface area contributed by atoms with Crippen molar-refractivity contribution in [2.45, 2.75) is 13.2 Å². The molecular weight excluding hydrogens is 276 g/mol. The van der Waals surface area contributed by atoms with Crippen LogP contribution in [0.15, 0.2) is 54.6 Å². The van der Waals surface area contributed by atoms with Crippen LogP contribution in [0, 0.1) is 5.92 Å². The molecule has 0 atom stereocenters. The third kappa shape index (κ3) is 3.86. The predicted molar refractivity (Wildman–Crippen MR) is 85.4 cm³/mol. The van der Waals surface area contributed by atoms with E-state index in [2.05, 4.69) is 10.6 Å². The lowest BCUT2D eigenvalue weighted by Crippen LogP contribution is -2.50. The van der Waals surface area contributed by atoms with Crippen molar-refractivity contribution < 1.29 is 9.53 Å². The number of hydrogen-bond acceptors (Lipinski definition) is 3. The monoisotopic (exact) mass is 296 g/mol. The molecule has 0 radical (unpaired) electrons. The van der Waals surface area contributed by atoms with Crippen LogP contribution in [0.3, 0.4) is 0 Å². The Kier molecular flexibility index (Phi) is 4.71. The maximum absolute atomic E-state index is 11.8. The fourth-order valence-electron chi connectivity index (χ4n) is 2.24. The predicted octanol–water partition coefficient (Wildman–Crippen LogP) is 2.10. The smallest absolute Gasteiger partial charge is 0.225 e. The van der Waals surface area contributed by atoms with Crippen LogP contribution in [-0.2, 0) is 17.9 Å². The summed E-state index contributed by atoms with van der Waals surface area (Å²) >= 11 is 0. The Labute approximate surface area is 130 Å². The van der Waals surface area contributed by atoms with Crippen molar-refractivity contribution in [2.75, 3.05) is 13.1 Å². The summed E-state index contributed by atoms with van der Waals surface area (Å²) in [5, 5.41) is 6.07. The van der Waals surface area contributed by atoms with E-state index < -0.39 is 0 Å². The first-order valence-corrected chi connectivity index (χ1v) is 7.55.